The van der Waals surface area contributed by atoms with Gasteiger partial charge in [0.1, 0.15) is 5.75 Å². The summed E-state index contributed by atoms with van der Waals surface area (Å²) in [4.78, 5) is 14.2. The maximum Gasteiger partial charge on any atom is 0.258 e. The van der Waals surface area contributed by atoms with Gasteiger partial charge in [-0.05, 0) is 54.6 Å². The van der Waals surface area contributed by atoms with Crippen LogP contribution in [0.3, 0.4) is 0 Å². The second-order valence-electron chi connectivity index (χ2n) is 4.61. The fourth-order valence-electron chi connectivity index (χ4n) is 2.02. The van der Waals surface area contributed by atoms with Crippen molar-refractivity contribution >= 4 is 28.5 Å². The molecule has 0 radical (unpaired) electrons. The number of carbonyl (C=O) groups excluding carboxylic acids is 1. The summed E-state index contributed by atoms with van der Waals surface area (Å²) < 4.78 is 6.44. The molecule has 4 nitrogen and oxygen atoms in total. The lowest BCUT2D eigenvalue weighted by atomic mass is 10.1. The Morgan fingerprint density at radius 3 is 2.94 bits per heavy atom. The molecule has 0 aliphatic carbocycles. The molecule has 0 aromatic heterocycles. The molecule has 2 rings (SSSR count). The van der Waals surface area contributed by atoms with Crippen LogP contribution < -0.4 is 0 Å². The molecule has 98 valence electrons. The number of amides is 1. The zero-order valence-electron chi connectivity index (χ0n) is 10.4. The summed E-state index contributed by atoms with van der Waals surface area (Å²) in [6.07, 6.45) is 0.0371. The Labute approximate surface area is 120 Å². The topological polar surface area (TPSA) is 49.8 Å². The molecule has 1 N–H and O–H groups in total. The molecule has 1 saturated heterocycles. The van der Waals surface area contributed by atoms with E-state index < -0.39 is 0 Å². The standard InChI is InChI=1S/C13H16INO3/c1-8-7-18-9(2)6-15(8)13(17)11-5-10(14)3-4-12(11)16/h3-5,8-9,16H,6-7H2,1-2H3. The van der Waals surface area contributed by atoms with Gasteiger partial charge in [-0.25, -0.2) is 0 Å². The molecular weight excluding hydrogens is 345 g/mol. The van der Waals surface area contributed by atoms with Gasteiger partial charge in [-0.1, -0.05) is 0 Å². The fourth-order valence-corrected chi connectivity index (χ4v) is 2.51. The number of benzene rings is 1. The molecular formula is C13H16INO3. The van der Waals surface area contributed by atoms with Gasteiger partial charge in [0.05, 0.1) is 24.3 Å². The quantitative estimate of drug-likeness (QED) is 0.781. The van der Waals surface area contributed by atoms with Crippen LogP contribution in [0.1, 0.15) is 24.2 Å². The molecule has 5 heteroatoms. The third-order valence-corrected chi connectivity index (χ3v) is 3.73. The van der Waals surface area contributed by atoms with Crippen molar-refractivity contribution in [3.05, 3.63) is 27.3 Å². The van der Waals surface area contributed by atoms with Crippen molar-refractivity contribution in [2.45, 2.75) is 26.0 Å². The highest BCUT2D eigenvalue weighted by Crippen LogP contribution is 2.23. The van der Waals surface area contributed by atoms with Gasteiger partial charge in [0.15, 0.2) is 0 Å². The Morgan fingerprint density at radius 1 is 1.50 bits per heavy atom. The van der Waals surface area contributed by atoms with Gasteiger partial charge in [0, 0.05) is 10.1 Å². The van der Waals surface area contributed by atoms with E-state index in [0.717, 1.165) is 3.57 Å². The summed E-state index contributed by atoms with van der Waals surface area (Å²) in [5, 5.41) is 9.81. The van der Waals surface area contributed by atoms with Gasteiger partial charge >= 0.3 is 0 Å². The largest absolute Gasteiger partial charge is 0.507 e. The predicted octanol–water partition coefficient (Wildman–Crippen LogP) is 2.25. The average molecular weight is 361 g/mol. The van der Waals surface area contributed by atoms with E-state index in [9.17, 15) is 9.90 Å². The lowest BCUT2D eigenvalue weighted by Crippen LogP contribution is -2.50. The Hall–Kier alpha value is -0.820. The van der Waals surface area contributed by atoms with Crippen molar-refractivity contribution < 1.29 is 14.6 Å². The summed E-state index contributed by atoms with van der Waals surface area (Å²) in [6.45, 7) is 5.00. The van der Waals surface area contributed by atoms with Crippen molar-refractivity contribution in [2.24, 2.45) is 0 Å². The minimum Gasteiger partial charge on any atom is -0.507 e. The first-order chi connectivity index (χ1) is 8.49. The van der Waals surface area contributed by atoms with Crippen molar-refractivity contribution in [2.75, 3.05) is 13.2 Å². The number of nitrogens with zero attached hydrogens (tertiary/aromatic N) is 1. The summed E-state index contributed by atoms with van der Waals surface area (Å²) >= 11 is 2.13. The predicted molar refractivity (Wildman–Crippen MR) is 76.7 cm³/mol. The molecule has 1 amide bonds. The minimum absolute atomic E-state index is 0.0333. The first kappa shape index (κ1) is 13.6. The van der Waals surface area contributed by atoms with Gasteiger partial charge in [-0.3, -0.25) is 4.79 Å². The lowest BCUT2D eigenvalue weighted by molar-refractivity contribution is -0.0387. The Bertz CT molecular complexity index is 464. The van der Waals surface area contributed by atoms with E-state index in [2.05, 4.69) is 22.6 Å². The van der Waals surface area contributed by atoms with Crippen LogP contribution in [0, 0.1) is 3.57 Å². The number of hydrogen-bond acceptors (Lipinski definition) is 3. The number of halogens is 1. The minimum atomic E-state index is -0.131. The average Bonchev–Trinajstić information content (AvgIpc) is 2.34. The molecule has 0 bridgehead atoms. The number of morpholine rings is 1. The third-order valence-electron chi connectivity index (χ3n) is 3.06. The van der Waals surface area contributed by atoms with Crippen molar-refractivity contribution in [1.29, 1.82) is 0 Å². The highest BCUT2D eigenvalue weighted by Gasteiger charge is 2.29. The summed E-state index contributed by atoms with van der Waals surface area (Å²) in [6, 6.07) is 5.08. The SMILES string of the molecule is CC1CN(C(=O)c2cc(I)ccc2O)C(C)CO1. The highest BCUT2D eigenvalue weighted by molar-refractivity contribution is 14.1. The zero-order chi connectivity index (χ0) is 13.3. The van der Waals surface area contributed by atoms with E-state index in [1.54, 1.807) is 23.1 Å². The van der Waals surface area contributed by atoms with Crippen LogP contribution >= 0.6 is 22.6 Å². The number of carbonyl (C=O) groups is 1. The summed E-state index contributed by atoms with van der Waals surface area (Å²) in [5.41, 5.74) is 0.364. The van der Waals surface area contributed by atoms with Crippen LogP contribution in [0.4, 0.5) is 0 Å². The fraction of sp³-hybridized carbons (Fsp3) is 0.462. The van der Waals surface area contributed by atoms with Crippen LogP contribution in [0.15, 0.2) is 18.2 Å². The van der Waals surface area contributed by atoms with E-state index in [1.165, 1.54) is 0 Å². The maximum atomic E-state index is 12.4. The van der Waals surface area contributed by atoms with E-state index in [0.29, 0.717) is 18.7 Å². The summed E-state index contributed by atoms with van der Waals surface area (Å²) in [5.74, 6) is -0.0968. The normalized spacial score (nSPS) is 24.1. The third kappa shape index (κ3) is 2.77. The number of phenolic OH excluding ortho intramolecular Hbond substituents is 1. The molecule has 2 unspecified atom stereocenters. The Balaban J connectivity index is 2.27. The van der Waals surface area contributed by atoms with Crippen molar-refractivity contribution in [1.82, 2.24) is 4.90 Å². The molecule has 1 aliphatic heterocycles. The second-order valence-corrected chi connectivity index (χ2v) is 5.86. The number of rotatable bonds is 1. The zero-order valence-corrected chi connectivity index (χ0v) is 12.5. The van der Waals surface area contributed by atoms with Crippen LogP contribution in [0.25, 0.3) is 0 Å². The van der Waals surface area contributed by atoms with Crippen LogP contribution in [0.5, 0.6) is 5.75 Å². The molecule has 1 aromatic rings. The smallest absolute Gasteiger partial charge is 0.258 e. The highest BCUT2D eigenvalue weighted by atomic mass is 127. The number of phenols is 1. The Kier molecular flexibility index (Phi) is 4.11. The van der Waals surface area contributed by atoms with Gasteiger partial charge in [0.2, 0.25) is 0 Å². The molecule has 1 heterocycles. The van der Waals surface area contributed by atoms with Gasteiger partial charge in [-0.15, -0.1) is 0 Å². The van der Waals surface area contributed by atoms with Crippen molar-refractivity contribution in [3.63, 3.8) is 0 Å². The first-order valence-corrected chi connectivity index (χ1v) is 6.98. The van der Waals surface area contributed by atoms with Crippen LogP contribution in [-0.4, -0.2) is 41.2 Å². The molecule has 1 fully saturated rings. The van der Waals surface area contributed by atoms with E-state index in [4.69, 9.17) is 4.74 Å². The number of hydrogen-bond donors (Lipinski definition) is 1. The van der Waals surface area contributed by atoms with E-state index >= 15 is 0 Å². The van der Waals surface area contributed by atoms with Crippen LogP contribution in [-0.2, 0) is 4.74 Å². The molecule has 1 aromatic carbocycles. The van der Waals surface area contributed by atoms with Gasteiger partial charge < -0.3 is 14.7 Å². The molecule has 0 saturated carbocycles. The summed E-state index contributed by atoms with van der Waals surface area (Å²) in [7, 11) is 0. The van der Waals surface area contributed by atoms with Gasteiger partial charge in [0.25, 0.3) is 5.91 Å². The second kappa shape index (κ2) is 5.44. The van der Waals surface area contributed by atoms with E-state index in [1.807, 2.05) is 13.8 Å². The van der Waals surface area contributed by atoms with Crippen molar-refractivity contribution in [3.8, 4) is 5.75 Å². The maximum absolute atomic E-state index is 12.4. The van der Waals surface area contributed by atoms with Gasteiger partial charge in [-0.2, -0.15) is 0 Å². The number of ether oxygens (including phenoxy) is 1. The molecule has 2 atom stereocenters. The van der Waals surface area contributed by atoms with Crippen LogP contribution in [0.2, 0.25) is 0 Å². The molecule has 18 heavy (non-hydrogen) atoms. The Morgan fingerprint density at radius 2 is 2.22 bits per heavy atom. The lowest BCUT2D eigenvalue weighted by Gasteiger charge is -2.36. The molecule has 1 aliphatic rings. The molecule has 0 spiro atoms. The number of aromatic hydroxyl groups is 1. The first-order valence-electron chi connectivity index (χ1n) is 5.90. The monoisotopic (exact) mass is 361 g/mol. The van der Waals surface area contributed by atoms with E-state index in [-0.39, 0.29) is 23.8 Å².